The molecule has 0 aliphatic rings. The van der Waals surface area contributed by atoms with Crippen molar-refractivity contribution in [1.29, 1.82) is 0 Å². The first-order chi connectivity index (χ1) is 12.5. The summed E-state index contributed by atoms with van der Waals surface area (Å²) in [7, 11) is 0. The number of hydrogen-bond donors (Lipinski definition) is 1. The third-order valence-corrected chi connectivity index (χ3v) is 4.09. The predicted octanol–water partition coefficient (Wildman–Crippen LogP) is 5.15. The summed E-state index contributed by atoms with van der Waals surface area (Å²) in [5.74, 6) is 5.26. The number of aromatic carboxylic acids is 1. The Balaban J connectivity index is 1.83. The fourth-order valence-electron chi connectivity index (χ4n) is 2.55. The van der Waals surface area contributed by atoms with E-state index in [0.29, 0.717) is 0 Å². The normalized spacial score (nSPS) is 9.88. The second-order valence-electron chi connectivity index (χ2n) is 6.06. The fraction of sp³-hybridized carbons (Fsp3) is 0.0417. The van der Waals surface area contributed by atoms with Gasteiger partial charge in [0.2, 0.25) is 0 Å². The average molecular weight is 338 g/mol. The second kappa shape index (κ2) is 7.55. The monoisotopic (exact) mass is 338 g/mol. The lowest BCUT2D eigenvalue weighted by Crippen LogP contribution is -1.94. The largest absolute Gasteiger partial charge is 0.478 e. The number of rotatable bonds is 3. The van der Waals surface area contributed by atoms with Crippen molar-refractivity contribution in [1.82, 2.24) is 0 Å². The summed E-state index contributed by atoms with van der Waals surface area (Å²) < 4.78 is 0. The van der Waals surface area contributed by atoms with Gasteiger partial charge in [-0.3, -0.25) is 0 Å². The molecule has 1 N–H and O–H groups in total. The van der Waals surface area contributed by atoms with Crippen molar-refractivity contribution < 1.29 is 9.90 Å². The van der Waals surface area contributed by atoms with Crippen LogP contribution in [0.25, 0.3) is 5.57 Å². The van der Waals surface area contributed by atoms with Gasteiger partial charge in [0, 0.05) is 11.1 Å². The zero-order chi connectivity index (χ0) is 18.5. The molecule has 0 atom stereocenters. The molecule has 0 saturated heterocycles. The Kier molecular flexibility index (Phi) is 5.01. The Hall–Kier alpha value is -3.57. The van der Waals surface area contributed by atoms with Crippen LogP contribution in [0.5, 0.6) is 0 Å². The first-order valence-corrected chi connectivity index (χ1v) is 8.25. The van der Waals surface area contributed by atoms with E-state index in [4.69, 9.17) is 5.11 Å². The van der Waals surface area contributed by atoms with Crippen LogP contribution in [-0.2, 0) is 0 Å². The van der Waals surface area contributed by atoms with Crippen LogP contribution in [-0.4, -0.2) is 11.1 Å². The predicted molar refractivity (Wildman–Crippen MR) is 105 cm³/mol. The van der Waals surface area contributed by atoms with E-state index in [9.17, 15) is 4.79 Å². The average Bonchev–Trinajstić information content (AvgIpc) is 2.67. The van der Waals surface area contributed by atoms with Gasteiger partial charge in [-0.25, -0.2) is 4.79 Å². The molecule has 0 aliphatic carbocycles. The maximum atomic E-state index is 10.9. The van der Waals surface area contributed by atoms with Gasteiger partial charge in [0.1, 0.15) is 0 Å². The van der Waals surface area contributed by atoms with Crippen LogP contribution in [0.4, 0.5) is 0 Å². The maximum absolute atomic E-state index is 10.9. The fourth-order valence-corrected chi connectivity index (χ4v) is 2.55. The van der Waals surface area contributed by atoms with Gasteiger partial charge >= 0.3 is 5.97 Å². The summed E-state index contributed by atoms with van der Waals surface area (Å²) in [5.41, 5.74) is 6.21. The zero-order valence-corrected chi connectivity index (χ0v) is 14.5. The molecule has 0 amide bonds. The van der Waals surface area contributed by atoms with Gasteiger partial charge in [-0.2, -0.15) is 0 Å². The minimum absolute atomic E-state index is 0.256. The molecule has 0 bridgehead atoms. The van der Waals surface area contributed by atoms with Crippen molar-refractivity contribution >= 4 is 11.5 Å². The molecule has 3 rings (SSSR count). The molecule has 3 aromatic rings. The second-order valence-corrected chi connectivity index (χ2v) is 6.06. The van der Waals surface area contributed by atoms with E-state index in [-0.39, 0.29) is 5.56 Å². The van der Waals surface area contributed by atoms with Gasteiger partial charge in [0.15, 0.2) is 0 Å². The standard InChI is InChI=1S/C24H18O2/c1-17-6-12-21(13-7-17)18(2)23-5-3-4-20(16-23)9-8-19-10-14-22(15-11-19)24(25)26/h3-7,10-16H,2H2,1H3,(H,25,26). The lowest BCUT2D eigenvalue weighted by molar-refractivity contribution is 0.0697. The van der Waals surface area contributed by atoms with Gasteiger partial charge in [-0.05, 0) is 60.0 Å². The summed E-state index contributed by atoms with van der Waals surface area (Å²) in [5, 5.41) is 8.93. The highest BCUT2D eigenvalue weighted by atomic mass is 16.4. The van der Waals surface area contributed by atoms with E-state index in [1.54, 1.807) is 24.3 Å². The lowest BCUT2D eigenvalue weighted by atomic mass is 9.97. The number of hydrogen-bond acceptors (Lipinski definition) is 1. The zero-order valence-electron chi connectivity index (χ0n) is 14.5. The molecule has 0 heterocycles. The third kappa shape index (κ3) is 4.09. The van der Waals surface area contributed by atoms with Crippen molar-refractivity contribution in [3.05, 3.63) is 113 Å². The van der Waals surface area contributed by atoms with E-state index in [1.807, 2.05) is 24.3 Å². The summed E-state index contributed by atoms with van der Waals surface area (Å²) in [6.45, 7) is 6.27. The molecule has 0 saturated carbocycles. The van der Waals surface area contributed by atoms with E-state index >= 15 is 0 Å². The Morgan fingerprint density at radius 3 is 2.08 bits per heavy atom. The van der Waals surface area contributed by atoms with Gasteiger partial charge < -0.3 is 5.11 Å². The Morgan fingerprint density at radius 2 is 1.42 bits per heavy atom. The molecule has 0 spiro atoms. The molecule has 26 heavy (non-hydrogen) atoms. The Morgan fingerprint density at radius 1 is 0.808 bits per heavy atom. The van der Waals surface area contributed by atoms with Crippen LogP contribution < -0.4 is 0 Å². The molecule has 126 valence electrons. The molecule has 2 heteroatoms. The number of benzene rings is 3. The van der Waals surface area contributed by atoms with E-state index < -0.39 is 5.97 Å². The van der Waals surface area contributed by atoms with Crippen molar-refractivity contribution in [2.45, 2.75) is 6.92 Å². The van der Waals surface area contributed by atoms with Crippen LogP contribution in [0, 0.1) is 18.8 Å². The molecule has 0 unspecified atom stereocenters. The molecule has 0 fully saturated rings. The number of carboxylic acids is 1. The van der Waals surface area contributed by atoms with Crippen molar-refractivity contribution in [3.63, 3.8) is 0 Å². The number of carboxylic acid groups (broad SMARTS) is 1. The first-order valence-electron chi connectivity index (χ1n) is 8.25. The highest BCUT2D eigenvalue weighted by Gasteiger charge is 2.03. The Bertz CT molecular complexity index is 1010. The first kappa shape index (κ1) is 17.3. The summed E-state index contributed by atoms with van der Waals surface area (Å²) in [4.78, 5) is 10.9. The number of carbonyl (C=O) groups is 1. The third-order valence-electron chi connectivity index (χ3n) is 4.09. The maximum Gasteiger partial charge on any atom is 0.335 e. The molecule has 2 nitrogen and oxygen atoms in total. The molecular weight excluding hydrogens is 320 g/mol. The smallest absolute Gasteiger partial charge is 0.335 e. The quantitative estimate of drug-likeness (QED) is 0.670. The van der Waals surface area contributed by atoms with Crippen LogP contribution in [0.2, 0.25) is 0 Å². The molecular formula is C24H18O2. The van der Waals surface area contributed by atoms with Crippen molar-refractivity contribution in [3.8, 4) is 11.8 Å². The topological polar surface area (TPSA) is 37.3 Å². The Labute approximate surface area is 153 Å². The SMILES string of the molecule is C=C(c1ccc(C)cc1)c1cccc(C#Cc2ccc(C(=O)O)cc2)c1. The van der Waals surface area contributed by atoms with Crippen molar-refractivity contribution in [2.75, 3.05) is 0 Å². The van der Waals surface area contributed by atoms with Gasteiger partial charge in [-0.1, -0.05) is 60.4 Å². The van der Waals surface area contributed by atoms with E-state index in [0.717, 1.165) is 27.8 Å². The highest BCUT2D eigenvalue weighted by Crippen LogP contribution is 2.22. The van der Waals surface area contributed by atoms with Gasteiger partial charge in [-0.15, -0.1) is 0 Å². The van der Waals surface area contributed by atoms with E-state index in [1.165, 1.54) is 5.56 Å². The molecule has 0 aliphatic heterocycles. The molecule has 0 radical (unpaired) electrons. The van der Waals surface area contributed by atoms with Crippen LogP contribution in [0.1, 0.15) is 38.2 Å². The minimum Gasteiger partial charge on any atom is -0.478 e. The van der Waals surface area contributed by atoms with Gasteiger partial charge in [0.25, 0.3) is 0 Å². The number of aryl methyl sites for hydroxylation is 1. The minimum atomic E-state index is -0.938. The van der Waals surface area contributed by atoms with Crippen LogP contribution in [0.3, 0.4) is 0 Å². The van der Waals surface area contributed by atoms with Gasteiger partial charge in [0.05, 0.1) is 5.56 Å². The van der Waals surface area contributed by atoms with E-state index in [2.05, 4.69) is 49.6 Å². The van der Waals surface area contributed by atoms with Crippen LogP contribution in [0.15, 0.2) is 79.4 Å². The van der Waals surface area contributed by atoms with Crippen molar-refractivity contribution in [2.24, 2.45) is 0 Å². The summed E-state index contributed by atoms with van der Waals surface area (Å²) in [6, 6.07) is 22.8. The lowest BCUT2D eigenvalue weighted by Gasteiger charge is -2.07. The summed E-state index contributed by atoms with van der Waals surface area (Å²) >= 11 is 0. The molecule has 0 aromatic heterocycles. The molecule has 3 aromatic carbocycles. The van der Waals surface area contributed by atoms with Crippen LogP contribution >= 0.6 is 0 Å². The highest BCUT2D eigenvalue weighted by molar-refractivity contribution is 5.87. The summed E-state index contributed by atoms with van der Waals surface area (Å²) in [6.07, 6.45) is 0.